The van der Waals surface area contributed by atoms with Crippen LogP contribution in [0.3, 0.4) is 0 Å². The molecule has 0 radical (unpaired) electrons. The highest BCUT2D eigenvalue weighted by Gasteiger charge is 2.25. The van der Waals surface area contributed by atoms with E-state index in [0.29, 0.717) is 5.92 Å². The van der Waals surface area contributed by atoms with Crippen LogP contribution in [0.1, 0.15) is 25.7 Å². The molecule has 0 aromatic heterocycles. The smallest absolute Gasteiger partial charge is 0.221 e. The molecule has 0 spiro atoms. The number of carbonyl (C=O) groups excluding carboxylic acids is 1. The fourth-order valence-electron chi connectivity index (χ4n) is 4.22. The molecule has 1 aromatic rings. The predicted molar refractivity (Wildman–Crippen MR) is 137 cm³/mol. The third-order valence-corrected chi connectivity index (χ3v) is 7.11. The van der Waals surface area contributed by atoms with E-state index in [9.17, 15) is 4.79 Å². The van der Waals surface area contributed by atoms with Crippen molar-refractivity contribution in [2.45, 2.75) is 30.6 Å². The largest absolute Gasteiger partial charge is 0.369 e. The van der Waals surface area contributed by atoms with Crippen LogP contribution in [0, 0.1) is 11.8 Å². The molecule has 2 heterocycles. The molecular weight excluding hydrogens is 509 g/mol. The fourth-order valence-corrected chi connectivity index (χ4v) is 5.27. The molecule has 3 rings (SSSR count). The van der Waals surface area contributed by atoms with Crippen molar-refractivity contribution in [2.24, 2.45) is 22.6 Å². The number of nitrogens with one attached hydrogen (secondary N) is 1. The zero-order valence-corrected chi connectivity index (χ0v) is 21.1. The van der Waals surface area contributed by atoms with Crippen molar-refractivity contribution in [1.82, 2.24) is 15.1 Å². The highest BCUT2D eigenvalue weighted by molar-refractivity contribution is 14.0. The van der Waals surface area contributed by atoms with E-state index in [1.165, 1.54) is 11.3 Å². The van der Waals surface area contributed by atoms with Gasteiger partial charge in [0, 0.05) is 43.9 Å². The third-order valence-electron chi connectivity index (χ3n) is 5.87. The summed E-state index contributed by atoms with van der Waals surface area (Å²) < 4.78 is 0. The van der Waals surface area contributed by atoms with Gasteiger partial charge in [0.2, 0.25) is 5.91 Å². The number of primary amides is 1. The molecule has 2 aliphatic heterocycles. The highest BCUT2D eigenvalue weighted by atomic mass is 127. The van der Waals surface area contributed by atoms with Crippen LogP contribution in [0.25, 0.3) is 0 Å². The predicted octanol–water partition coefficient (Wildman–Crippen LogP) is 2.88. The van der Waals surface area contributed by atoms with E-state index < -0.39 is 0 Å². The number of amides is 1. The Morgan fingerprint density at radius 2 is 2.03 bits per heavy atom. The number of thioether (sulfide) groups is 1. The van der Waals surface area contributed by atoms with Crippen LogP contribution >= 0.6 is 35.7 Å². The van der Waals surface area contributed by atoms with Gasteiger partial charge in [0.1, 0.15) is 0 Å². The monoisotopic (exact) mass is 545 g/mol. The van der Waals surface area contributed by atoms with E-state index in [0.717, 1.165) is 70.2 Å². The molecule has 0 bridgehead atoms. The molecule has 2 saturated heterocycles. The van der Waals surface area contributed by atoms with E-state index in [1.54, 1.807) is 0 Å². The number of hydrogen-bond donors (Lipinski definition) is 2. The lowest BCUT2D eigenvalue weighted by atomic mass is 9.97. The standard InChI is InChI=1S/C22H35N5OS.HI/c1-24-22(25-11-6-13-26-12-5-7-19(16-26)21(23)28)27-14-10-18(15-27)17-29-20-8-3-2-4-9-20;/h2-4,8-9,18-19H,5-7,10-17H2,1H3,(H2,23,28)(H,24,25);1H. The van der Waals surface area contributed by atoms with Crippen molar-refractivity contribution >= 4 is 47.6 Å². The molecule has 1 aromatic carbocycles. The summed E-state index contributed by atoms with van der Waals surface area (Å²) in [5.41, 5.74) is 5.48. The van der Waals surface area contributed by atoms with Crippen molar-refractivity contribution in [3.8, 4) is 0 Å². The van der Waals surface area contributed by atoms with Crippen molar-refractivity contribution in [3.05, 3.63) is 30.3 Å². The first-order valence-electron chi connectivity index (χ1n) is 10.8. The van der Waals surface area contributed by atoms with Crippen LogP contribution in [0.4, 0.5) is 0 Å². The maximum atomic E-state index is 11.4. The minimum atomic E-state index is -0.151. The fraction of sp³-hybridized carbons (Fsp3) is 0.636. The van der Waals surface area contributed by atoms with E-state index in [-0.39, 0.29) is 35.8 Å². The Morgan fingerprint density at radius 3 is 2.77 bits per heavy atom. The summed E-state index contributed by atoms with van der Waals surface area (Å²) in [6, 6.07) is 10.6. The summed E-state index contributed by atoms with van der Waals surface area (Å²) in [7, 11) is 1.87. The van der Waals surface area contributed by atoms with Crippen molar-refractivity contribution < 1.29 is 4.79 Å². The van der Waals surface area contributed by atoms with E-state index >= 15 is 0 Å². The number of halogens is 1. The van der Waals surface area contributed by atoms with Gasteiger partial charge in [-0.05, 0) is 56.8 Å². The number of hydrogen-bond acceptors (Lipinski definition) is 4. The summed E-state index contributed by atoms with van der Waals surface area (Å²) >= 11 is 1.95. The zero-order chi connectivity index (χ0) is 20.5. The lowest BCUT2D eigenvalue weighted by Crippen LogP contribution is -2.43. The summed E-state index contributed by atoms with van der Waals surface area (Å²) in [5.74, 6) is 2.76. The molecule has 3 N–H and O–H groups in total. The average molecular weight is 546 g/mol. The first-order chi connectivity index (χ1) is 14.2. The van der Waals surface area contributed by atoms with Gasteiger partial charge in [0.05, 0.1) is 5.92 Å². The molecule has 2 aliphatic rings. The maximum absolute atomic E-state index is 11.4. The van der Waals surface area contributed by atoms with Gasteiger partial charge in [-0.2, -0.15) is 0 Å². The van der Waals surface area contributed by atoms with Gasteiger partial charge in [0.15, 0.2) is 5.96 Å². The number of nitrogens with zero attached hydrogens (tertiary/aromatic N) is 3. The minimum Gasteiger partial charge on any atom is -0.369 e. The van der Waals surface area contributed by atoms with Gasteiger partial charge < -0.3 is 20.9 Å². The first kappa shape index (κ1) is 25.3. The Balaban J connectivity index is 0.00000320. The molecule has 6 nitrogen and oxygen atoms in total. The van der Waals surface area contributed by atoms with Crippen molar-refractivity contribution in [3.63, 3.8) is 0 Å². The second-order valence-corrected chi connectivity index (χ2v) is 9.19. The quantitative estimate of drug-likeness (QED) is 0.173. The van der Waals surface area contributed by atoms with E-state index in [1.807, 2.05) is 18.8 Å². The second-order valence-electron chi connectivity index (χ2n) is 8.09. The molecule has 8 heteroatoms. The summed E-state index contributed by atoms with van der Waals surface area (Å²) in [5, 5.41) is 3.53. The number of nitrogens with two attached hydrogens (primary N) is 1. The van der Waals surface area contributed by atoms with Gasteiger partial charge in [-0.1, -0.05) is 18.2 Å². The Hall–Kier alpha value is -1.000. The molecule has 0 aliphatic carbocycles. The van der Waals surface area contributed by atoms with Gasteiger partial charge in [-0.25, -0.2) is 0 Å². The van der Waals surface area contributed by atoms with Crippen LogP contribution in [0.15, 0.2) is 40.2 Å². The number of carbonyl (C=O) groups is 1. The molecule has 30 heavy (non-hydrogen) atoms. The molecular formula is C22H36IN5OS. The van der Waals surface area contributed by atoms with Gasteiger partial charge in [-0.3, -0.25) is 9.79 Å². The lowest BCUT2D eigenvalue weighted by Gasteiger charge is -2.31. The second kappa shape index (κ2) is 13.4. The van der Waals surface area contributed by atoms with E-state index in [2.05, 4.69) is 50.4 Å². The number of guanidine groups is 1. The van der Waals surface area contributed by atoms with Crippen LogP contribution in [0.2, 0.25) is 0 Å². The number of likely N-dealkylation sites (tertiary alicyclic amines) is 2. The Bertz CT molecular complexity index is 675. The molecule has 2 fully saturated rings. The molecule has 1 amide bonds. The third kappa shape index (κ3) is 7.92. The molecule has 168 valence electrons. The van der Waals surface area contributed by atoms with Crippen LogP contribution in [0.5, 0.6) is 0 Å². The zero-order valence-electron chi connectivity index (χ0n) is 18.0. The number of benzene rings is 1. The van der Waals surface area contributed by atoms with Gasteiger partial charge in [0.25, 0.3) is 0 Å². The van der Waals surface area contributed by atoms with Crippen LogP contribution in [-0.2, 0) is 4.79 Å². The number of piperidine rings is 1. The number of rotatable bonds is 8. The lowest BCUT2D eigenvalue weighted by molar-refractivity contribution is -0.123. The van der Waals surface area contributed by atoms with Crippen LogP contribution < -0.4 is 11.1 Å². The average Bonchev–Trinajstić information content (AvgIpc) is 3.22. The minimum absolute atomic E-state index is 0. The molecule has 2 unspecified atom stereocenters. The summed E-state index contributed by atoms with van der Waals surface area (Å²) in [6.45, 7) is 5.95. The SMILES string of the molecule is CN=C(NCCCN1CCCC(C(N)=O)C1)N1CCC(CSc2ccccc2)C1.I. The van der Waals surface area contributed by atoms with Crippen LogP contribution in [-0.4, -0.2) is 73.7 Å². The Kier molecular flexibility index (Phi) is 11.3. The first-order valence-corrected chi connectivity index (χ1v) is 11.8. The van der Waals surface area contributed by atoms with Crippen molar-refractivity contribution in [1.29, 1.82) is 0 Å². The summed E-state index contributed by atoms with van der Waals surface area (Å²) in [4.78, 5) is 22.0. The number of aliphatic imine (C=N–C) groups is 1. The van der Waals surface area contributed by atoms with Gasteiger partial charge >= 0.3 is 0 Å². The van der Waals surface area contributed by atoms with E-state index in [4.69, 9.17) is 5.73 Å². The molecule has 0 saturated carbocycles. The molecule has 2 atom stereocenters. The Labute approximate surface area is 202 Å². The van der Waals surface area contributed by atoms with Crippen molar-refractivity contribution in [2.75, 3.05) is 52.1 Å². The van der Waals surface area contributed by atoms with Gasteiger partial charge in [-0.15, -0.1) is 35.7 Å². The normalized spacial score (nSPS) is 22.6. The Morgan fingerprint density at radius 1 is 1.23 bits per heavy atom. The highest BCUT2D eigenvalue weighted by Crippen LogP contribution is 2.25. The summed E-state index contributed by atoms with van der Waals surface area (Å²) in [6.07, 6.45) is 4.28. The maximum Gasteiger partial charge on any atom is 0.221 e. The topological polar surface area (TPSA) is 74.0 Å².